The number of aromatic amines is 1. The summed E-state index contributed by atoms with van der Waals surface area (Å²) >= 11 is 3.19. The molecule has 0 radical (unpaired) electrons. The molecule has 10 heteroatoms. The van der Waals surface area contributed by atoms with E-state index < -0.39 is 11.7 Å². The van der Waals surface area contributed by atoms with E-state index in [4.69, 9.17) is 11.6 Å². The molecule has 0 spiro atoms. The molecule has 1 fully saturated rings. The van der Waals surface area contributed by atoms with E-state index >= 15 is 0 Å². The molecule has 8 nitrogen and oxygen atoms in total. The van der Waals surface area contributed by atoms with Crippen LogP contribution < -0.4 is 17.1 Å². The third-order valence-electron chi connectivity index (χ3n) is 5.27. The van der Waals surface area contributed by atoms with Gasteiger partial charge in [-0.15, -0.1) is 0 Å². The van der Waals surface area contributed by atoms with Gasteiger partial charge in [-0.3, -0.25) is 9.59 Å². The van der Waals surface area contributed by atoms with Crippen molar-refractivity contribution in [1.29, 1.82) is 0 Å². The van der Waals surface area contributed by atoms with Crippen LogP contribution in [-0.2, 0) is 6.42 Å². The maximum atomic E-state index is 14.6. The number of nitrogens with two attached hydrogens (primary N) is 2. The number of carbonyl (C=O) groups excluding carboxylic acids is 1. The van der Waals surface area contributed by atoms with Crippen molar-refractivity contribution >= 4 is 32.6 Å². The Morgan fingerprint density at radius 1 is 1.19 bits per heavy atom. The average molecular weight is 487 g/mol. The van der Waals surface area contributed by atoms with Crippen LogP contribution in [-0.4, -0.2) is 45.6 Å². The Hall–Kier alpha value is -3.24. The van der Waals surface area contributed by atoms with E-state index in [1.165, 1.54) is 22.0 Å². The van der Waals surface area contributed by atoms with Crippen LogP contribution in [0, 0.1) is 5.82 Å². The van der Waals surface area contributed by atoms with Gasteiger partial charge in [0.1, 0.15) is 5.82 Å². The number of carbonyl (C=O) groups is 1. The molecule has 31 heavy (non-hydrogen) atoms. The molecule has 4 rings (SSSR count). The van der Waals surface area contributed by atoms with Crippen LogP contribution in [0.15, 0.2) is 57.6 Å². The molecule has 1 amide bonds. The molecule has 2 aromatic carbocycles. The highest BCUT2D eigenvalue weighted by atomic mass is 79.9. The molecular weight excluding hydrogens is 467 g/mol. The van der Waals surface area contributed by atoms with Gasteiger partial charge in [0.15, 0.2) is 0 Å². The molecule has 1 saturated heterocycles. The lowest BCUT2D eigenvalue weighted by Gasteiger charge is -2.35. The van der Waals surface area contributed by atoms with Gasteiger partial charge in [0.2, 0.25) is 0 Å². The Morgan fingerprint density at radius 3 is 2.68 bits per heavy atom. The Balaban J connectivity index is 1.64. The van der Waals surface area contributed by atoms with E-state index in [1.54, 1.807) is 18.2 Å². The maximum absolute atomic E-state index is 14.6. The lowest BCUT2D eigenvalue weighted by Crippen LogP contribution is -2.50. The smallest absolute Gasteiger partial charge is 0.272 e. The number of nitrogens with one attached hydrogen (secondary N) is 1. The second-order valence-corrected chi connectivity index (χ2v) is 8.11. The maximum Gasteiger partial charge on any atom is 0.272 e. The minimum Gasteiger partial charge on any atom is -0.392 e. The second kappa shape index (κ2) is 8.48. The zero-order chi connectivity index (χ0) is 22.1. The Morgan fingerprint density at radius 2 is 1.94 bits per heavy atom. The highest BCUT2D eigenvalue weighted by Crippen LogP contribution is 2.21. The number of benzene rings is 2. The summed E-state index contributed by atoms with van der Waals surface area (Å²) in [6.07, 6.45) is 0.327. The van der Waals surface area contributed by atoms with Crippen LogP contribution in [0.2, 0.25) is 0 Å². The topological polar surface area (TPSA) is 121 Å². The summed E-state index contributed by atoms with van der Waals surface area (Å²) in [5, 5.41) is 9.35. The third kappa shape index (κ3) is 4.17. The second-order valence-electron chi connectivity index (χ2n) is 7.25. The first-order chi connectivity index (χ1) is 14.8. The number of nitrogens with zero attached hydrogens (tertiary/aromatic N) is 3. The Labute approximate surface area is 185 Å². The number of hydrogen-bond acceptors (Lipinski definition) is 6. The number of piperazine rings is 1. The molecule has 5 N–H and O–H groups in total. The van der Waals surface area contributed by atoms with Crippen molar-refractivity contribution in [2.75, 3.05) is 19.6 Å². The van der Waals surface area contributed by atoms with Crippen LogP contribution in [0.4, 0.5) is 4.39 Å². The fourth-order valence-corrected chi connectivity index (χ4v) is 3.97. The minimum atomic E-state index is -0.611. The van der Waals surface area contributed by atoms with Crippen molar-refractivity contribution in [1.82, 2.24) is 20.1 Å². The number of halogens is 2. The molecule has 1 aliphatic heterocycles. The van der Waals surface area contributed by atoms with Gasteiger partial charge in [-0.2, -0.15) is 5.10 Å². The monoisotopic (exact) mass is 486 g/mol. The highest BCUT2D eigenvalue weighted by molar-refractivity contribution is 9.11. The molecule has 0 aliphatic carbocycles. The number of hydrogen-bond donors (Lipinski definition) is 3. The summed E-state index contributed by atoms with van der Waals surface area (Å²) in [4.78, 5) is 26.5. The molecule has 2 heterocycles. The summed E-state index contributed by atoms with van der Waals surface area (Å²) in [6, 6.07) is 11.5. The van der Waals surface area contributed by atoms with Crippen LogP contribution in [0.25, 0.3) is 10.8 Å². The third-order valence-corrected chi connectivity index (χ3v) is 5.73. The number of rotatable bonds is 3. The summed E-state index contributed by atoms with van der Waals surface area (Å²) in [5.41, 5.74) is 7.36. The number of amides is 1. The predicted molar refractivity (Wildman–Crippen MR) is 119 cm³/mol. The fourth-order valence-electron chi connectivity index (χ4n) is 3.62. The largest absolute Gasteiger partial charge is 0.392 e. The van der Waals surface area contributed by atoms with Gasteiger partial charge in [0, 0.05) is 18.4 Å². The molecule has 3 aromatic rings. The molecule has 0 atom stereocenters. The van der Waals surface area contributed by atoms with Crippen molar-refractivity contribution in [2.24, 2.45) is 11.6 Å². The summed E-state index contributed by atoms with van der Waals surface area (Å²) in [7, 11) is 0. The van der Waals surface area contributed by atoms with Crippen LogP contribution >= 0.6 is 15.9 Å². The van der Waals surface area contributed by atoms with Crippen molar-refractivity contribution in [3.8, 4) is 0 Å². The molecule has 160 valence electrons. The van der Waals surface area contributed by atoms with Crippen molar-refractivity contribution in [2.45, 2.75) is 6.42 Å². The molecule has 0 saturated carbocycles. The summed E-state index contributed by atoms with van der Waals surface area (Å²) < 4.78 is 14.9. The van der Waals surface area contributed by atoms with Gasteiger partial charge in [-0.1, -0.05) is 24.3 Å². The Kier molecular flexibility index (Phi) is 5.75. The number of hydrazine groups is 1. The number of H-pyrrole nitrogens is 1. The lowest BCUT2D eigenvalue weighted by atomic mass is 10.0. The van der Waals surface area contributed by atoms with E-state index in [2.05, 4.69) is 26.1 Å². The van der Waals surface area contributed by atoms with Gasteiger partial charge < -0.3 is 15.6 Å². The quantitative estimate of drug-likeness (QED) is 0.383. The highest BCUT2D eigenvalue weighted by Gasteiger charge is 2.27. The van der Waals surface area contributed by atoms with Crippen molar-refractivity contribution in [3.63, 3.8) is 0 Å². The van der Waals surface area contributed by atoms with Crippen LogP contribution in [0.1, 0.15) is 21.6 Å². The van der Waals surface area contributed by atoms with E-state index in [9.17, 15) is 14.0 Å². The minimum absolute atomic E-state index is 0.0378. The fraction of sp³-hybridized carbons (Fsp3) is 0.190. The normalized spacial score (nSPS) is 16.0. The van der Waals surface area contributed by atoms with E-state index in [0.29, 0.717) is 51.8 Å². The standard InChI is InChI=1S/C21H20BrFN6O2/c22-19(24)18-11-28(7-8-29(18)25)21(31)15-9-12(5-6-16(15)23)10-17-13-3-1-2-4-14(13)20(30)27-26-17/h1-6,9H,7-8,10-11,24-25H2,(H,27,30)/b19-18-. The number of fused-ring (bicyclic) bond motifs is 1. The van der Waals surface area contributed by atoms with Crippen molar-refractivity contribution in [3.05, 3.63) is 85.8 Å². The van der Waals surface area contributed by atoms with Crippen LogP contribution in [0.3, 0.4) is 0 Å². The lowest BCUT2D eigenvalue weighted by molar-refractivity contribution is 0.0694. The molecular formula is C21H20BrFN6O2. The van der Waals surface area contributed by atoms with Gasteiger partial charge in [-0.05, 0) is 39.7 Å². The average Bonchev–Trinajstić information content (AvgIpc) is 2.77. The van der Waals surface area contributed by atoms with Crippen molar-refractivity contribution < 1.29 is 9.18 Å². The number of aromatic nitrogens is 2. The van der Waals surface area contributed by atoms with Gasteiger partial charge >= 0.3 is 0 Å². The van der Waals surface area contributed by atoms with E-state index in [0.717, 1.165) is 0 Å². The zero-order valence-corrected chi connectivity index (χ0v) is 18.0. The predicted octanol–water partition coefficient (Wildman–Crippen LogP) is 1.81. The Bertz CT molecular complexity index is 1250. The molecule has 1 aromatic heterocycles. The molecule has 0 unspecified atom stereocenters. The SMILES string of the molecule is N/C(Br)=C1/CN(C(=O)c2cc(Cc3n[nH]c(=O)c4ccccc34)ccc2F)CCN1N. The first-order valence-corrected chi connectivity index (χ1v) is 10.3. The van der Waals surface area contributed by atoms with E-state index in [-0.39, 0.29) is 17.7 Å². The van der Waals surface area contributed by atoms with Gasteiger partial charge in [-0.25, -0.2) is 15.3 Å². The first kappa shape index (κ1) is 21.0. The molecule has 0 bridgehead atoms. The summed E-state index contributed by atoms with van der Waals surface area (Å²) in [6.45, 7) is 0.888. The van der Waals surface area contributed by atoms with E-state index in [1.807, 2.05) is 12.1 Å². The molecule has 1 aliphatic rings. The van der Waals surface area contributed by atoms with Gasteiger partial charge in [0.05, 0.1) is 40.0 Å². The zero-order valence-electron chi connectivity index (χ0n) is 16.4. The van der Waals surface area contributed by atoms with Crippen LogP contribution in [0.5, 0.6) is 0 Å². The summed E-state index contributed by atoms with van der Waals surface area (Å²) in [5.74, 6) is 4.84. The first-order valence-electron chi connectivity index (χ1n) is 9.55. The van der Waals surface area contributed by atoms with Gasteiger partial charge in [0.25, 0.3) is 11.5 Å².